The average molecular weight is 435 g/mol. The van der Waals surface area contributed by atoms with Crippen molar-refractivity contribution in [2.45, 2.75) is 18.0 Å². The molecule has 0 atom stereocenters. The highest BCUT2D eigenvalue weighted by molar-refractivity contribution is 7.89. The van der Waals surface area contributed by atoms with Crippen molar-refractivity contribution >= 4 is 27.0 Å². The number of carbonyl (C=O) groups is 1. The molecule has 3 aromatic carbocycles. The Morgan fingerprint density at radius 1 is 0.968 bits per heavy atom. The van der Waals surface area contributed by atoms with Crippen LogP contribution < -0.4 is 10.0 Å². The lowest BCUT2D eigenvalue weighted by Gasteiger charge is -2.11. The molecule has 0 saturated heterocycles. The van der Waals surface area contributed by atoms with Gasteiger partial charge >= 0.3 is 0 Å². The minimum Gasteiger partial charge on any atom is -0.345 e. The number of benzene rings is 3. The minimum atomic E-state index is -3.63. The fourth-order valence-electron chi connectivity index (χ4n) is 3.39. The Morgan fingerprint density at radius 3 is 2.48 bits per heavy atom. The lowest BCUT2D eigenvalue weighted by atomic mass is 10.2. The van der Waals surface area contributed by atoms with Crippen molar-refractivity contribution in [1.82, 2.24) is 19.6 Å². The summed E-state index contributed by atoms with van der Waals surface area (Å²) < 4.78 is 28.4. The predicted octanol–water partition coefficient (Wildman–Crippen LogP) is 2.92. The van der Waals surface area contributed by atoms with Crippen LogP contribution in [0.25, 0.3) is 11.0 Å². The van der Waals surface area contributed by atoms with Gasteiger partial charge in [-0.15, -0.1) is 0 Å². The van der Waals surface area contributed by atoms with Crippen LogP contribution in [0.3, 0.4) is 0 Å². The number of imidazole rings is 1. The number of fused-ring (bicyclic) bond motifs is 1. The Balaban J connectivity index is 1.59. The van der Waals surface area contributed by atoms with E-state index in [1.165, 1.54) is 19.2 Å². The summed E-state index contributed by atoms with van der Waals surface area (Å²) in [4.78, 5) is 17.4. The second kappa shape index (κ2) is 8.71. The number of rotatable bonds is 7. The van der Waals surface area contributed by atoms with E-state index in [0.717, 1.165) is 22.4 Å². The molecule has 0 aliphatic heterocycles. The van der Waals surface area contributed by atoms with Crippen LogP contribution in [0.4, 0.5) is 0 Å². The van der Waals surface area contributed by atoms with E-state index in [4.69, 9.17) is 0 Å². The molecule has 2 N–H and O–H groups in total. The first kappa shape index (κ1) is 20.8. The molecule has 0 fully saturated rings. The quantitative estimate of drug-likeness (QED) is 0.468. The maximum Gasteiger partial charge on any atom is 0.251 e. The molecule has 0 saturated carbocycles. The van der Waals surface area contributed by atoms with Gasteiger partial charge in [-0.2, -0.15) is 0 Å². The van der Waals surface area contributed by atoms with Crippen LogP contribution in [0.2, 0.25) is 0 Å². The lowest BCUT2D eigenvalue weighted by molar-refractivity contribution is 0.0949. The third-order valence-electron chi connectivity index (χ3n) is 5.00. The van der Waals surface area contributed by atoms with E-state index < -0.39 is 10.0 Å². The maximum absolute atomic E-state index is 12.7. The van der Waals surface area contributed by atoms with Gasteiger partial charge in [-0.05, 0) is 42.9 Å². The zero-order valence-electron chi connectivity index (χ0n) is 16.9. The number of para-hydroxylation sites is 2. The Morgan fingerprint density at radius 2 is 1.71 bits per heavy atom. The van der Waals surface area contributed by atoms with E-state index in [9.17, 15) is 13.2 Å². The van der Waals surface area contributed by atoms with E-state index in [-0.39, 0.29) is 22.9 Å². The highest BCUT2D eigenvalue weighted by Gasteiger charge is 2.16. The molecule has 158 valence electrons. The third kappa shape index (κ3) is 4.50. The van der Waals surface area contributed by atoms with E-state index in [2.05, 4.69) is 19.6 Å². The highest BCUT2D eigenvalue weighted by Crippen LogP contribution is 2.18. The molecule has 1 heterocycles. The summed E-state index contributed by atoms with van der Waals surface area (Å²) in [7, 11) is -2.29. The maximum atomic E-state index is 12.7. The molecule has 7 nitrogen and oxygen atoms in total. The number of nitrogens with zero attached hydrogens (tertiary/aromatic N) is 2. The van der Waals surface area contributed by atoms with Gasteiger partial charge in [0.2, 0.25) is 10.0 Å². The zero-order valence-corrected chi connectivity index (χ0v) is 17.8. The van der Waals surface area contributed by atoms with Gasteiger partial charge in [0, 0.05) is 12.1 Å². The first-order valence-electron chi connectivity index (χ1n) is 9.78. The minimum absolute atomic E-state index is 0.0407. The predicted molar refractivity (Wildman–Crippen MR) is 119 cm³/mol. The van der Waals surface area contributed by atoms with Gasteiger partial charge in [0.25, 0.3) is 5.91 Å². The Kier molecular flexibility index (Phi) is 5.83. The lowest BCUT2D eigenvalue weighted by Crippen LogP contribution is -2.25. The number of aromatic nitrogens is 2. The summed E-state index contributed by atoms with van der Waals surface area (Å²) in [6.45, 7) is 0.839. The Bertz CT molecular complexity index is 1330. The molecule has 0 unspecified atom stereocenters. The summed E-state index contributed by atoms with van der Waals surface area (Å²) in [5, 5.41) is 2.86. The molecule has 0 aliphatic carbocycles. The van der Waals surface area contributed by atoms with Crippen LogP contribution in [-0.4, -0.2) is 30.9 Å². The van der Waals surface area contributed by atoms with Gasteiger partial charge in [0.15, 0.2) is 0 Å². The van der Waals surface area contributed by atoms with E-state index in [0.29, 0.717) is 6.54 Å². The normalized spacial score (nSPS) is 11.5. The summed E-state index contributed by atoms with van der Waals surface area (Å²) in [6, 6.07) is 23.8. The van der Waals surface area contributed by atoms with Crippen molar-refractivity contribution < 1.29 is 13.2 Å². The highest BCUT2D eigenvalue weighted by atomic mass is 32.2. The van der Waals surface area contributed by atoms with Crippen molar-refractivity contribution in [1.29, 1.82) is 0 Å². The van der Waals surface area contributed by atoms with E-state index in [1.54, 1.807) is 12.1 Å². The Labute approximate surface area is 180 Å². The smallest absolute Gasteiger partial charge is 0.251 e. The van der Waals surface area contributed by atoms with E-state index >= 15 is 0 Å². The van der Waals surface area contributed by atoms with Crippen LogP contribution in [0, 0.1) is 0 Å². The van der Waals surface area contributed by atoms with Crippen molar-refractivity contribution in [2.24, 2.45) is 0 Å². The first-order valence-corrected chi connectivity index (χ1v) is 11.3. The number of sulfonamides is 1. The first-order chi connectivity index (χ1) is 15.0. The molecular weight excluding hydrogens is 412 g/mol. The van der Waals surface area contributed by atoms with Crippen LogP contribution in [0.5, 0.6) is 0 Å². The molecule has 0 spiro atoms. The van der Waals surface area contributed by atoms with Gasteiger partial charge in [-0.1, -0.05) is 48.5 Å². The SMILES string of the molecule is CNS(=O)(=O)c1cccc(C(=O)NCc2nc3ccccc3n2Cc2ccccc2)c1. The fourth-order valence-corrected chi connectivity index (χ4v) is 4.16. The molecule has 4 rings (SSSR count). The van der Waals surface area contributed by atoms with Gasteiger partial charge in [-0.3, -0.25) is 4.79 Å². The van der Waals surface area contributed by atoms with Crippen molar-refractivity contribution in [3.8, 4) is 0 Å². The van der Waals surface area contributed by atoms with Crippen molar-refractivity contribution in [2.75, 3.05) is 7.05 Å². The molecule has 8 heteroatoms. The standard InChI is InChI=1S/C23H22N4O3S/c1-24-31(29,30)19-11-7-10-18(14-19)23(28)25-15-22-26-20-12-5-6-13-21(20)27(22)16-17-8-3-2-4-9-17/h2-14,24H,15-16H2,1H3,(H,25,28). The van der Waals surface area contributed by atoms with Gasteiger partial charge in [0.05, 0.1) is 22.5 Å². The molecular formula is C23H22N4O3S. The molecule has 4 aromatic rings. The summed E-state index contributed by atoms with van der Waals surface area (Å²) in [5.74, 6) is 0.351. The monoisotopic (exact) mass is 434 g/mol. The molecule has 1 aromatic heterocycles. The number of hydrogen-bond acceptors (Lipinski definition) is 4. The zero-order chi connectivity index (χ0) is 21.8. The number of carbonyl (C=O) groups excluding carboxylic acids is 1. The van der Waals surface area contributed by atoms with Crippen molar-refractivity contribution in [3.63, 3.8) is 0 Å². The van der Waals surface area contributed by atoms with Crippen molar-refractivity contribution in [3.05, 3.63) is 95.8 Å². The summed E-state index contributed by atoms with van der Waals surface area (Å²) >= 11 is 0. The Hall–Kier alpha value is -3.49. The van der Waals surface area contributed by atoms with E-state index in [1.807, 2.05) is 54.6 Å². The van der Waals surface area contributed by atoms with Gasteiger partial charge in [0.1, 0.15) is 5.82 Å². The van der Waals surface area contributed by atoms with Gasteiger partial charge in [-0.25, -0.2) is 18.1 Å². The average Bonchev–Trinajstić information content (AvgIpc) is 3.15. The van der Waals surface area contributed by atoms with Gasteiger partial charge < -0.3 is 9.88 Å². The van der Waals surface area contributed by atoms with Crippen LogP contribution in [0.15, 0.2) is 83.8 Å². The molecule has 0 radical (unpaired) electrons. The largest absolute Gasteiger partial charge is 0.345 e. The second-order valence-electron chi connectivity index (χ2n) is 7.01. The van der Waals surface area contributed by atoms with Crippen LogP contribution >= 0.6 is 0 Å². The number of amides is 1. The fraction of sp³-hybridized carbons (Fsp3) is 0.130. The molecule has 0 aliphatic rings. The molecule has 31 heavy (non-hydrogen) atoms. The topological polar surface area (TPSA) is 93.1 Å². The third-order valence-corrected chi connectivity index (χ3v) is 6.41. The van der Waals surface area contributed by atoms with Crippen LogP contribution in [-0.2, 0) is 23.1 Å². The number of hydrogen-bond donors (Lipinski definition) is 2. The summed E-state index contributed by atoms with van der Waals surface area (Å²) in [6.07, 6.45) is 0. The number of nitrogens with one attached hydrogen (secondary N) is 2. The molecule has 1 amide bonds. The van der Waals surface area contributed by atoms with Crippen LogP contribution in [0.1, 0.15) is 21.7 Å². The summed E-state index contributed by atoms with van der Waals surface area (Å²) in [5.41, 5.74) is 3.23. The molecule has 0 bridgehead atoms. The second-order valence-corrected chi connectivity index (χ2v) is 8.89.